The van der Waals surface area contributed by atoms with Crippen molar-refractivity contribution in [3.63, 3.8) is 0 Å². The van der Waals surface area contributed by atoms with Gasteiger partial charge in [-0.05, 0) is 68.6 Å². The molecular formula is C25H29ClN4O2S. The molecule has 3 heterocycles. The highest BCUT2D eigenvalue weighted by atomic mass is 35.5. The molecule has 1 atom stereocenters. The minimum atomic E-state index is -1.07. The number of hydrogen-bond donors (Lipinski definition) is 2. The predicted octanol–water partition coefficient (Wildman–Crippen LogP) is 3.99. The topological polar surface area (TPSA) is 78.4 Å². The molecule has 0 bridgehead atoms. The molecule has 4 fully saturated rings. The Morgan fingerprint density at radius 2 is 1.85 bits per heavy atom. The molecular weight excluding hydrogens is 456 g/mol. The molecule has 1 aromatic heterocycles. The molecule has 3 aliphatic carbocycles. The van der Waals surface area contributed by atoms with Gasteiger partial charge in [0.15, 0.2) is 0 Å². The van der Waals surface area contributed by atoms with Crippen LogP contribution in [0.5, 0.6) is 0 Å². The molecule has 2 aliphatic heterocycles. The van der Waals surface area contributed by atoms with Crippen LogP contribution in [0.25, 0.3) is 0 Å². The number of anilines is 2. The molecule has 5 aliphatic rings. The van der Waals surface area contributed by atoms with Crippen molar-refractivity contribution < 1.29 is 9.32 Å². The lowest BCUT2D eigenvalue weighted by atomic mass is 9.56. The van der Waals surface area contributed by atoms with Gasteiger partial charge in [-0.3, -0.25) is 4.21 Å². The largest absolute Gasteiger partial charge is 0.394 e. The van der Waals surface area contributed by atoms with E-state index in [1.165, 1.54) is 18.4 Å². The summed E-state index contributed by atoms with van der Waals surface area (Å²) in [6.45, 7) is 2.05. The summed E-state index contributed by atoms with van der Waals surface area (Å²) in [5, 5.41) is 14.3. The Hall–Kier alpha value is -1.70. The molecule has 1 aromatic carbocycles. The number of aliphatic hydroxyl groups is 1. The average molecular weight is 485 g/mol. The second-order valence-electron chi connectivity index (χ2n) is 11.2. The van der Waals surface area contributed by atoms with E-state index >= 15 is 0 Å². The fourth-order valence-electron chi connectivity index (χ4n) is 6.46. The Kier molecular flexibility index (Phi) is 4.33. The standard InChI is InChI=1S/C25H29ClN4O2S/c26-18-4-2-16(3-5-18)17-10-23(11-17)12-30(13-23)22-27-20-19(33(32)15-24(20)8-9-24)21(28-22)29-25(14-31)6-1-7-25/h2-5,17,31H,1,6-15H2,(H,27,28,29). The van der Waals surface area contributed by atoms with Crippen molar-refractivity contribution >= 4 is 34.2 Å². The summed E-state index contributed by atoms with van der Waals surface area (Å²) < 4.78 is 13.0. The van der Waals surface area contributed by atoms with Crippen LogP contribution in [0.3, 0.4) is 0 Å². The van der Waals surface area contributed by atoms with Gasteiger partial charge in [-0.25, -0.2) is 4.98 Å². The van der Waals surface area contributed by atoms with Gasteiger partial charge in [0.2, 0.25) is 5.95 Å². The van der Waals surface area contributed by atoms with Crippen LogP contribution in [0.15, 0.2) is 29.2 Å². The zero-order chi connectivity index (χ0) is 22.4. The average Bonchev–Trinajstić information content (AvgIpc) is 3.43. The summed E-state index contributed by atoms with van der Waals surface area (Å²) in [6, 6.07) is 8.29. The van der Waals surface area contributed by atoms with Gasteiger partial charge in [-0.15, -0.1) is 0 Å². The van der Waals surface area contributed by atoms with Gasteiger partial charge >= 0.3 is 0 Å². The molecule has 33 heavy (non-hydrogen) atoms. The Morgan fingerprint density at radius 3 is 2.45 bits per heavy atom. The summed E-state index contributed by atoms with van der Waals surface area (Å²) in [5.41, 5.74) is 2.43. The monoisotopic (exact) mass is 484 g/mol. The fraction of sp³-hybridized carbons (Fsp3) is 0.600. The number of rotatable bonds is 5. The zero-order valence-electron chi connectivity index (χ0n) is 18.6. The van der Waals surface area contributed by atoms with E-state index in [1.54, 1.807) is 0 Å². The number of benzene rings is 1. The van der Waals surface area contributed by atoms with Gasteiger partial charge in [0.25, 0.3) is 0 Å². The molecule has 7 rings (SSSR count). The van der Waals surface area contributed by atoms with Crippen molar-refractivity contribution in [1.82, 2.24) is 9.97 Å². The quantitative estimate of drug-likeness (QED) is 0.668. The molecule has 174 valence electrons. The first-order valence-corrected chi connectivity index (χ1v) is 13.8. The second-order valence-corrected chi connectivity index (χ2v) is 13.1. The molecule has 3 saturated carbocycles. The maximum atomic E-state index is 13.0. The van der Waals surface area contributed by atoms with Crippen LogP contribution in [0.4, 0.5) is 11.8 Å². The third-order valence-electron chi connectivity index (χ3n) is 8.88. The number of fused-ring (bicyclic) bond motifs is 2. The number of hydrogen-bond acceptors (Lipinski definition) is 6. The SMILES string of the molecule is O=S1CC2(CC2)c2nc(N3CC4(CC(c5ccc(Cl)cc5)C4)C3)nc(NC3(CO)CCC3)c21. The van der Waals surface area contributed by atoms with Gasteiger partial charge < -0.3 is 15.3 Å². The van der Waals surface area contributed by atoms with E-state index in [0.29, 0.717) is 22.9 Å². The molecule has 2 aromatic rings. The van der Waals surface area contributed by atoms with E-state index in [9.17, 15) is 9.32 Å². The maximum Gasteiger partial charge on any atom is 0.227 e. The highest BCUT2D eigenvalue weighted by molar-refractivity contribution is 7.85. The third-order valence-corrected chi connectivity index (χ3v) is 10.8. The van der Waals surface area contributed by atoms with Crippen LogP contribution in [-0.2, 0) is 16.2 Å². The Morgan fingerprint density at radius 1 is 1.12 bits per heavy atom. The number of nitrogens with zero attached hydrogens (tertiary/aromatic N) is 3. The van der Waals surface area contributed by atoms with Gasteiger partial charge in [-0.2, -0.15) is 4.98 Å². The Labute approximate surface area is 201 Å². The summed E-state index contributed by atoms with van der Waals surface area (Å²) >= 11 is 6.05. The molecule has 0 amide bonds. The Balaban J connectivity index is 1.13. The van der Waals surface area contributed by atoms with Gasteiger partial charge in [0.05, 0.1) is 28.6 Å². The first-order chi connectivity index (χ1) is 15.9. The van der Waals surface area contributed by atoms with E-state index in [0.717, 1.165) is 66.8 Å². The van der Waals surface area contributed by atoms with Crippen molar-refractivity contribution in [2.75, 3.05) is 35.7 Å². The summed E-state index contributed by atoms with van der Waals surface area (Å²) in [6.07, 6.45) is 7.48. The number of nitrogens with one attached hydrogen (secondary N) is 1. The number of halogens is 1. The summed E-state index contributed by atoms with van der Waals surface area (Å²) in [5.74, 6) is 2.77. The molecule has 8 heteroatoms. The smallest absolute Gasteiger partial charge is 0.227 e. The Bertz CT molecular complexity index is 1140. The highest BCUT2D eigenvalue weighted by Crippen LogP contribution is 2.59. The van der Waals surface area contributed by atoms with Gasteiger partial charge in [0, 0.05) is 34.7 Å². The minimum absolute atomic E-state index is 0.000984. The third kappa shape index (κ3) is 3.11. The minimum Gasteiger partial charge on any atom is -0.394 e. The maximum absolute atomic E-state index is 13.0. The van der Waals surface area contributed by atoms with Crippen LogP contribution < -0.4 is 10.2 Å². The van der Waals surface area contributed by atoms with Gasteiger partial charge in [-0.1, -0.05) is 23.7 Å². The van der Waals surface area contributed by atoms with Crippen molar-refractivity contribution in [3.05, 3.63) is 40.5 Å². The first-order valence-electron chi connectivity index (χ1n) is 12.1. The molecule has 0 radical (unpaired) electrons. The van der Waals surface area contributed by atoms with Crippen LogP contribution in [0.2, 0.25) is 5.02 Å². The lowest BCUT2D eigenvalue weighted by Crippen LogP contribution is -2.62. The molecule has 6 nitrogen and oxygen atoms in total. The zero-order valence-corrected chi connectivity index (χ0v) is 20.2. The van der Waals surface area contributed by atoms with Crippen molar-refractivity contribution in [2.45, 2.75) is 66.7 Å². The molecule has 2 spiro atoms. The lowest BCUT2D eigenvalue weighted by Gasteiger charge is -2.59. The van der Waals surface area contributed by atoms with E-state index in [2.05, 4.69) is 22.3 Å². The van der Waals surface area contributed by atoms with Crippen LogP contribution in [0.1, 0.15) is 62.1 Å². The highest BCUT2D eigenvalue weighted by Gasteiger charge is 2.57. The predicted molar refractivity (Wildman–Crippen MR) is 130 cm³/mol. The molecule has 2 N–H and O–H groups in total. The number of aromatic nitrogens is 2. The van der Waals surface area contributed by atoms with Crippen LogP contribution in [-0.4, -0.2) is 50.3 Å². The van der Waals surface area contributed by atoms with E-state index in [4.69, 9.17) is 21.6 Å². The normalized spacial score (nSPS) is 27.6. The molecule has 1 saturated heterocycles. The van der Waals surface area contributed by atoms with Crippen LogP contribution in [0, 0.1) is 5.41 Å². The lowest BCUT2D eigenvalue weighted by molar-refractivity contribution is 0.0619. The van der Waals surface area contributed by atoms with E-state index < -0.39 is 10.8 Å². The van der Waals surface area contributed by atoms with Crippen molar-refractivity contribution in [3.8, 4) is 0 Å². The summed E-state index contributed by atoms with van der Waals surface area (Å²) in [7, 11) is -1.07. The van der Waals surface area contributed by atoms with E-state index in [1.807, 2.05) is 12.1 Å². The first kappa shape index (κ1) is 20.7. The van der Waals surface area contributed by atoms with Gasteiger partial charge in [0.1, 0.15) is 10.7 Å². The summed E-state index contributed by atoms with van der Waals surface area (Å²) in [4.78, 5) is 13.0. The van der Waals surface area contributed by atoms with Crippen molar-refractivity contribution in [2.24, 2.45) is 5.41 Å². The van der Waals surface area contributed by atoms with Crippen LogP contribution >= 0.6 is 11.6 Å². The number of aliphatic hydroxyl groups excluding tert-OH is 1. The van der Waals surface area contributed by atoms with E-state index in [-0.39, 0.29) is 17.6 Å². The van der Waals surface area contributed by atoms with Crippen molar-refractivity contribution in [1.29, 1.82) is 0 Å². The molecule has 1 unspecified atom stereocenters. The fourth-order valence-corrected chi connectivity index (χ4v) is 8.45. The second kappa shape index (κ2) is 6.92.